The van der Waals surface area contributed by atoms with E-state index in [1.54, 1.807) is 6.92 Å². The van der Waals surface area contributed by atoms with E-state index >= 15 is 0 Å². The normalized spacial score (nSPS) is 16.1. The Kier molecular flexibility index (Phi) is 7.68. The molecule has 0 bridgehead atoms. The van der Waals surface area contributed by atoms with Crippen LogP contribution in [0.3, 0.4) is 0 Å². The van der Waals surface area contributed by atoms with Gasteiger partial charge in [-0.1, -0.05) is 19.3 Å². The molecule has 1 aliphatic carbocycles. The molecule has 2 amide bonds. The fourth-order valence-corrected chi connectivity index (χ4v) is 3.28. The molecule has 138 valence electrons. The Bertz CT molecular complexity index is 606. The maximum absolute atomic E-state index is 13.0. The van der Waals surface area contributed by atoms with Crippen LogP contribution in [0, 0.1) is 11.7 Å². The number of carbonyl (C=O) groups is 2. The molecule has 5 nitrogen and oxygen atoms in total. The quantitative estimate of drug-likeness (QED) is 0.673. The average molecular weight is 415 g/mol. The number of amides is 2. The Morgan fingerprint density at radius 3 is 2.60 bits per heavy atom. The summed E-state index contributed by atoms with van der Waals surface area (Å²) in [5, 5.41) is 5.59. The van der Waals surface area contributed by atoms with Crippen LogP contribution in [0.2, 0.25) is 0 Å². The highest BCUT2D eigenvalue weighted by Crippen LogP contribution is 2.26. The van der Waals surface area contributed by atoms with Crippen molar-refractivity contribution in [3.63, 3.8) is 0 Å². The van der Waals surface area contributed by atoms with Crippen molar-refractivity contribution in [2.24, 2.45) is 5.92 Å². The predicted octanol–water partition coefficient (Wildman–Crippen LogP) is 3.17. The van der Waals surface area contributed by atoms with Gasteiger partial charge >= 0.3 is 0 Å². The van der Waals surface area contributed by atoms with Crippen LogP contribution in [0.1, 0.15) is 39.0 Å². The number of benzene rings is 1. The van der Waals surface area contributed by atoms with Gasteiger partial charge in [0.2, 0.25) is 5.91 Å². The second-order valence-corrected chi connectivity index (χ2v) is 7.11. The van der Waals surface area contributed by atoms with Crippen molar-refractivity contribution in [3.05, 3.63) is 28.5 Å². The molecule has 1 saturated carbocycles. The second-order valence-electron chi connectivity index (χ2n) is 6.25. The van der Waals surface area contributed by atoms with Gasteiger partial charge in [0.05, 0.1) is 4.47 Å². The minimum atomic E-state index is -0.726. The fraction of sp³-hybridized carbons (Fsp3) is 0.556. The lowest BCUT2D eigenvalue weighted by Gasteiger charge is -2.21. The Morgan fingerprint density at radius 1 is 1.24 bits per heavy atom. The van der Waals surface area contributed by atoms with E-state index < -0.39 is 6.10 Å². The van der Waals surface area contributed by atoms with Crippen LogP contribution in [0.15, 0.2) is 22.7 Å². The van der Waals surface area contributed by atoms with E-state index in [9.17, 15) is 14.0 Å². The molecule has 0 saturated heterocycles. The van der Waals surface area contributed by atoms with E-state index in [1.165, 1.54) is 24.6 Å². The molecule has 1 fully saturated rings. The molecule has 1 aromatic carbocycles. The molecule has 0 heterocycles. The summed E-state index contributed by atoms with van der Waals surface area (Å²) in [5.74, 6) is -0.0844. The predicted molar refractivity (Wildman–Crippen MR) is 96.8 cm³/mol. The van der Waals surface area contributed by atoms with Gasteiger partial charge in [-0.2, -0.15) is 0 Å². The van der Waals surface area contributed by atoms with E-state index in [0.717, 1.165) is 25.7 Å². The minimum absolute atomic E-state index is 0.0773. The van der Waals surface area contributed by atoms with Gasteiger partial charge in [-0.05, 0) is 53.9 Å². The van der Waals surface area contributed by atoms with Crippen LogP contribution >= 0.6 is 15.9 Å². The lowest BCUT2D eigenvalue weighted by atomic mass is 9.89. The number of carbonyl (C=O) groups excluding carboxylic acids is 2. The first-order chi connectivity index (χ1) is 12.0. The van der Waals surface area contributed by atoms with Crippen LogP contribution < -0.4 is 15.4 Å². The molecule has 1 unspecified atom stereocenters. The molecule has 25 heavy (non-hydrogen) atoms. The maximum atomic E-state index is 13.0. The zero-order chi connectivity index (χ0) is 18.2. The number of halogens is 2. The summed E-state index contributed by atoms with van der Waals surface area (Å²) in [5.41, 5.74) is 0. The number of hydrogen-bond donors (Lipinski definition) is 2. The van der Waals surface area contributed by atoms with Gasteiger partial charge < -0.3 is 15.4 Å². The van der Waals surface area contributed by atoms with Gasteiger partial charge in [-0.3, -0.25) is 9.59 Å². The van der Waals surface area contributed by atoms with Gasteiger partial charge in [0.25, 0.3) is 5.91 Å². The second kappa shape index (κ2) is 9.75. The third-order valence-corrected chi connectivity index (χ3v) is 4.89. The topological polar surface area (TPSA) is 67.4 Å². The van der Waals surface area contributed by atoms with Crippen molar-refractivity contribution in [1.82, 2.24) is 10.6 Å². The zero-order valence-electron chi connectivity index (χ0n) is 14.3. The monoisotopic (exact) mass is 414 g/mol. The minimum Gasteiger partial charge on any atom is -0.480 e. The lowest BCUT2D eigenvalue weighted by molar-refractivity contribution is -0.128. The number of ether oxygens (including phenoxy) is 1. The van der Waals surface area contributed by atoms with Crippen LogP contribution in [0.25, 0.3) is 0 Å². The smallest absolute Gasteiger partial charge is 0.260 e. The maximum Gasteiger partial charge on any atom is 0.260 e. The zero-order valence-corrected chi connectivity index (χ0v) is 15.9. The Hall–Kier alpha value is -1.63. The first kappa shape index (κ1) is 19.7. The highest BCUT2D eigenvalue weighted by atomic mass is 79.9. The molecule has 7 heteroatoms. The van der Waals surface area contributed by atoms with E-state index in [2.05, 4.69) is 26.6 Å². The first-order valence-corrected chi connectivity index (χ1v) is 9.44. The van der Waals surface area contributed by atoms with Gasteiger partial charge in [0.1, 0.15) is 11.6 Å². The molecule has 1 aromatic rings. The van der Waals surface area contributed by atoms with E-state index in [0.29, 0.717) is 23.3 Å². The summed E-state index contributed by atoms with van der Waals surface area (Å²) in [6.07, 6.45) is 4.62. The van der Waals surface area contributed by atoms with Crippen molar-refractivity contribution >= 4 is 27.7 Å². The summed E-state index contributed by atoms with van der Waals surface area (Å²) in [7, 11) is 0. The highest BCUT2D eigenvalue weighted by Gasteiger charge is 2.21. The Morgan fingerprint density at radius 2 is 1.92 bits per heavy atom. The van der Waals surface area contributed by atoms with Crippen LogP contribution in [0.4, 0.5) is 4.39 Å². The summed E-state index contributed by atoms with van der Waals surface area (Å²) in [6, 6.07) is 4.01. The summed E-state index contributed by atoms with van der Waals surface area (Å²) >= 11 is 3.20. The number of rotatable bonds is 7. The molecule has 2 N–H and O–H groups in total. The summed E-state index contributed by atoms with van der Waals surface area (Å²) in [6.45, 7) is 2.36. The third-order valence-electron chi connectivity index (χ3n) is 4.27. The standard InChI is InChI=1S/C18H24BrFN2O3/c1-12(25-16-8-7-14(20)11-15(16)19)17(23)21-9-10-22-18(24)13-5-3-2-4-6-13/h7-8,11-13H,2-6,9-10H2,1H3,(H,21,23)(H,22,24). The van der Waals surface area contributed by atoms with Crippen LogP contribution in [-0.2, 0) is 9.59 Å². The molecule has 2 rings (SSSR count). The SMILES string of the molecule is CC(Oc1ccc(F)cc1Br)C(=O)NCCNC(=O)C1CCCCC1. The van der Waals surface area contributed by atoms with Crippen molar-refractivity contribution in [1.29, 1.82) is 0 Å². The molecule has 0 spiro atoms. The highest BCUT2D eigenvalue weighted by molar-refractivity contribution is 9.10. The van der Waals surface area contributed by atoms with Crippen LogP contribution in [0.5, 0.6) is 5.75 Å². The summed E-state index contributed by atoms with van der Waals surface area (Å²) < 4.78 is 19.0. The van der Waals surface area contributed by atoms with Gasteiger partial charge in [-0.25, -0.2) is 4.39 Å². The van der Waals surface area contributed by atoms with E-state index in [4.69, 9.17) is 4.74 Å². The Balaban J connectivity index is 1.68. The molecule has 0 radical (unpaired) electrons. The molecule has 0 aromatic heterocycles. The van der Waals surface area contributed by atoms with Gasteiger partial charge in [0, 0.05) is 19.0 Å². The molecule has 0 aliphatic heterocycles. The van der Waals surface area contributed by atoms with E-state index in [-0.39, 0.29) is 23.5 Å². The third kappa shape index (κ3) is 6.30. The Labute approximate surface area is 155 Å². The molecule has 1 atom stereocenters. The number of nitrogens with one attached hydrogen (secondary N) is 2. The lowest BCUT2D eigenvalue weighted by Crippen LogP contribution is -2.42. The summed E-state index contributed by atoms with van der Waals surface area (Å²) in [4.78, 5) is 24.0. The van der Waals surface area contributed by atoms with Gasteiger partial charge in [0.15, 0.2) is 6.10 Å². The van der Waals surface area contributed by atoms with Crippen molar-refractivity contribution < 1.29 is 18.7 Å². The van der Waals surface area contributed by atoms with Crippen LogP contribution in [-0.4, -0.2) is 31.0 Å². The largest absolute Gasteiger partial charge is 0.480 e. The average Bonchev–Trinajstić information content (AvgIpc) is 2.61. The molecular formula is C18H24BrFN2O3. The van der Waals surface area contributed by atoms with Crippen molar-refractivity contribution in [2.75, 3.05) is 13.1 Å². The first-order valence-electron chi connectivity index (χ1n) is 8.64. The fourth-order valence-electron chi connectivity index (χ4n) is 2.84. The van der Waals surface area contributed by atoms with Gasteiger partial charge in [-0.15, -0.1) is 0 Å². The molecule has 1 aliphatic rings. The molecular weight excluding hydrogens is 391 g/mol. The van der Waals surface area contributed by atoms with E-state index in [1.807, 2.05) is 0 Å². The number of hydrogen-bond acceptors (Lipinski definition) is 3. The van der Waals surface area contributed by atoms with Crippen molar-refractivity contribution in [3.8, 4) is 5.75 Å². The van der Waals surface area contributed by atoms with Crippen molar-refractivity contribution in [2.45, 2.75) is 45.1 Å².